The Kier molecular flexibility index (Phi) is 2.85. The monoisotopic (exact) mass is 341 g/mol. The Morgan fingerprint density at radius 2 is 1.83 bits per heavy atom. The smallest absolute Gasteiger partial charge is 0.197 e. The third-order valence-corrected chi connectivity index (χ3v) is 4.12. The van der Waals surface area contributed by atoms with E-state index in [1.54, 1.807) is 18.2 Å². The Morgan fingerprint density at radius 3 is 2.61 bits per heavy atom. The summed E-state index contributed by atoms with van der Waals surface area (Å²) in [5.74, 6) is 0. The maximum absolute atomic E-state index is 12.4. The molecule has 0 atom stereocenters. The molecule has 18 heavy (non-hydrogen) atoms. The Morgan fingerprint density at radius 1 is 1.06 bits per heavy atom. The first-order valence-corrected chi connectivity index (χ1v) is 6.72. The molecular weight excluding hydrogens is 337 g/mol. The summed E-state index contributed by atoms with van der Waals surface area (Å²) in [5, 5.41) is 1.96. The van der Waals surface area contributed by atoms with E-state index >= 15 is 0 Å². The van der Waals surface area contributed by atoms with E-state index in [1.165, 1.54) is 0 Å². The zero-order valence-electron chi connectivity index (χ0n) is 8.93. The van der Waals surface area contributed by atoms with E-state index in [1.807, 2.05) is 12.1 Å². The second-order valence-corrected chi connectivity index (χ2v) is 5.63. The minimum absolute atomic E-state index is 0.0568. The maximum Gasteiger partial charge on any atom is 0.197 e. The van der Waals surface area contributed by atoms with Crippen LogP contribution in [0.1, 0.15) is 0 Å². The van der Waals surface area contributed by atoms with Crippen molar-refractivity contribution in [2.24, 2.45) is 0 Å². The largest absolute Gasteiger partial charge is 0.353 e. The molecule has 1 aromatic heterocycles. The molecule has 0 spiro atoms. The van der Waals surface area contributed by atoms with Crippen molar-refractivity contribution in [3.63, 3.8) is 0 Å². The molecule has 0 aliphatic heterocycles. The molecule has 0 radical (unpaired) electrons. The summed E-state index contributed by atoms with van der Waals surface area (Å²) in [4.78, 5) is 15.5. The molecule has 0 bridgehead atoms. The number of aromatic amines is 1. The van der Waals surface area contributed by atoms with Gasteiger partial charge in [0.25, 0.3) is 0 Å². The van der Waals surface area contributed by atoms with Crippen molar-refractivity contribution < 1.29 is 0 Å². The highest BCUT2D eigenvalue weighted by atomic mass is 79.9. The van der Waals surface area contributed by atoms with Gasteiger partial charge in [-0.2, -0.15) is 0 Å². The van der Waals surface area contributed by atoms with Gasteiger partial charge in [-0.15, -0.1) is 0 Å². The first-order chi connectivity index (χ1) is 8.58. The van der Waals surface area contributed by atoms with Crippen molar-refractivity contribution in [2.75, 3.05) is 0 Å². The van der Waals surface area contributed by atoms with Gasteiger partial charge in [-0.3, -0.25) is 4.79 Å². The van der Waals surface area contributed by atoms with Gasteiger partial charge in [0, 0.05) is 20.8 Å². The lowest BCUT2D eigenvalue weighted by Crippen LogP contribution is -2.04. The highest BCUT2D eigenvalue weighted by Crippen LogP contribution is 2.29. The van der Waals surface area contributed by atoms with Crippen molar-refractivity contribution in [1.29, 1.82) is 0 Å². The minimum Gasteiger partial charge on any atom is -0.353 e. The molecule has 0 unspecified atom stereocenters. The maximum atomic E-state index is 12.4. The molecule has 0 aliphatic rings. The van der Waals surface area contributed by atoms with E-state index in [0.29, 0.717) is 26.3 Å². The van der Waals surface area contributed by atoms with E-state index in [2.05, 4.69) is 20.9 Å². The Balaban J connectivity index is 2.61. The number of rotatable bonds is 0. The van der Waals surface area contributed by atoms with Crippen LogP contribution in [-0.4, -0.2) is 4.98 Å². The molecule has 5 heteroatoms. The average Bonchev–Trinajstić information content (AvgIpc) is 2.36. The SMILES string of the molecule is O=c1c2cc(Br)ccc2[nH]c2c(Cl)c(Cl)ccc12. The molecule has 2 aromatic carbocycles. The van der Waals surface area contributed by atoms with Gasteiger partial charge >= 0.3 is 0 Å². The van der Waals surface area contributed by atoms with Gasteiger partial charge in [0.1, 0.15) is 0 Å². The number of aromatic nitrogens is 1. The summed E-state index contributed by atoms with van der Waals surface area (Å²) in [6.45, 7) is 0. The molecule has 1 heterocycles. The Labute approximate surface area is 121 Å². The fraction of sp³-hybridized carbons (Fsp3) is 0. The number of hydrogen-bond donors (Lipinski definition) is 1. The van der Waals surface area contributed by atoms with Gasteiger partial charge in [0.05, 0.1) is 15.6 Å². The van der Waals surface area contributed by atoms with Crippen LogP contribution in [0.25, 0.3) is 21.8 Å². The van der Waals surface area contributed by atoms with Crippen LogP contribution in [0.5, 0.6) is 0 Å². The predicted octanol–water partition coefficient (Wildman–Crippen LogP) is 4.75. The van der Waals surface area contributed by atoms with Crippen molar-refractivity contribution in [3.8, 4) is 0 Å². The summed E-state index contributed by atoms with van der Waals surface area (Å²) >= 11 is 15.4. The number of pyridine rings is 1. The van der Waals surface area contributed by atoms with Crippen LogP contribution in [0.2, 0.25) is 10.0 Å². The lowest BCUT2D eigenvalue weighted by atomic mass is 10.1. The first kappa shape index (κ1) is 12.0. The van der Waals surface area contributed by atoms with Crippen molar-refractivity contribution >= 4 is 60.9 Å². The Hall–Kier alpha value is -1.03. The number of benzene rings is 2. The van der Waals surface area contributed by atoms with Crippen LogP contribution < -0.4 is 5.43 Å². The minimum atomic E-state index is -0.0568. The highest BCUT2D eigenvalue weighted by molar-refractivity contribution is 9.10. The fourth-order valence-corrected chi connectivity index (χ4v) is 2.69. The molecule has 2 nitrogen and oxygen atoms in total. The zero-order valence-corrected chi connectivity index (χ0v) is 12.0. The standard InChI is InChI=1S/C13H6BrCl2NO/c14-6-1-4-10-8(5-6)13(18)7-2-3-9(15)11(16)12(7)17-10/h1-5H,(H,17,18). The van der Waals surface area contributed by atoms with Crippen molar-refractivity contribution in [1.82, 2.24) is 4.98 Å². The van der Waals surface area contributed by atoms with Crippen LogP contribution in [-0.2, 0) is 0 Å². The van der Waals surface area contributed by atoms with E-state index in [4.69, 9.17) is 23.2 Å². The van der Waals surface area contributed by atoms with E-state index < -0.39 is 0 Å². The molecule has 0 saturated heterocycles. The summed E-state index contributed by atoms with van der Waals surface area (Å²) in [5.41, 5.74) is 1.25. The van der Waals surface area contributed by atoms with Crippen LogP contribution in [0.15, 0.2) is 39.6 Å². The van der Waals surface area contributed by atoms with Gasteiger partial charge in [-0.05, 0) is 30.3 Å². The summed E-state index contributed by atoms with van der Waals surface area (Å²) in [6.07, 6.45) is 0. The first-order valence-electron chi connectivity index (χ1n) is 5.17. The molecule has 90 valence electrons. The lowest BCUT2D eigenvalue weighted by molar-refractivity contribution is 1.47. The second-order valence-electron chi connectivity index (χ2n) is 3.93. The van der Waals surface area contributed by atoms with E-state index in [9.17, 15) is 4.79 Å². The number of H-pyrrole nitrogens is 1. The van der Waals surface area contributed by atoms with Gasteiger partial charge in [-0.25, -0.2) is 0 Å². The quantitative estimate of drug-likeness (QED) is 0.587. The number of nitrogens with one attached hydrogen (secondary N) is 1. The van der Waals surface area contributed by atoms with Crippen LogP contribution in [0.3, 0.4) is 0 Å². The third-order valence-electron chi connectivity index (χ3n) is 2.83. The molecule has 0 amide bonds. The third kappa shape index (κ3) is 1.74. The van der Waals surface area contributed by atoms with Gasteiger partial charge in [0.2, 0.25) is 0 Å². The normalized spacial score (nSPS) is 11.3. The predicted molar refractivity (Wildman–Crippen MR) is 79.8 cm³/mol. The van der Waals surface area contributed by atoms with E-state index in [0.717, 1.165) is 9.99 Å². The van der Waals surface area contributed by atoms with Gasteiger partial charge in [0.15, 0.2) is 5.43 Å². The number of halogens is 3. The second kappa shape index (κ2) is 4.26. The van der Waals surface area contributed by atoms with Crippen LogP contribution in [0, 0.1) is 0 Å². The molecule has 3 aromatic rings. The summed E-state index contributed by atoms with van der Waals surface area (Å²) in [6, 6.07) is 8.80. The van der Waals surface area contributed by atoms with Crippen LogP contribution >= 0.6 is 39.1 Å². The molecule has 0 saturated carbocycles. The van der Waals surface area contributed by atoms with Crippen LogP contribution in [0.4, 0.5) is 0 Å². The van der Waals surface area contributed by atoms with E-state index in [-0.39, 0.29) is 5.43 Å². The molecule has 3 rings (SSSR count). The molecule has 1 N–H and O–H groups in total. The number of hydrogen-bond acceptors (Lipinski definition) is 1. The molecule has 0 fully saturated rings. The summed E-state index contributed by atoms with van der Waals surface area (Å²) in [7, 11) is 0. The summed E-state index contributed by atoms with van der Waals surface area (Å²) < 4.78 is 0.861. The Bertz CT molecular complexity index is 842. The van der Waals surface area contributed by atoms with Gasteiger partial charge in [-0.1, -0.05) is 39.1 Å². The zero-order chi connectivity index (χ0) is 12.9. The average molecular weight is 343 g/mol. The van der Waals surface area contributed by atoms with Gasteiger partial charge < -0.3 is 4.98 Å². The highest BCUT2D eigenvalue weighted by Gasteiger charge is 2.10. The lowest BCUT2D eigenvalue weighted by Gasteiger charge is -2.05. The molecule has 0 aliphatic carbocycles. The number of fused-ring (bicyclic) bond motifs is 2. The van der Waals surface area contributed by atoms with Crippen molar-refractivity contribution in [3.05, 3.63) is 55.1 Å². The van der Waals surface area contributed by atoms with Crippen molar-refractivity contribution in [2.45, 2.75) is 0 Å². The fourth-order valence-electron chi connectivity index (χ4n) is 1.96. The molecular formula is C13H6BrCl2NO. The topological polar surface area (TPSA) is 32.9 Å².